The highest BCUT2D eigenvalue weighted by atomic mass is 32.2. The Hall–Kier alpha value is -2.43. The molecule has 2 aromatic heterocycles. The summed E-state index contributed by atoms with van der Waals surface area (Å²) in [6, 6.07) is -0.160. The number of hydrogen-bond acceptors (Lipinski definition) is 8. The molecule has 2 aromatic rings. The molecule has 2 N–H and O–H groups in total. The second-order valence-electron chi connectivity index (χ2n) is 9.39. The van der Waals surface area contributed by atoms with Gasteiger partial charge in [0.1, 0.15) is 16.9 Å². The smallest absolute Gasteiger partial charge is 0.260 e. The summed E-state index contributed by atoms with van der Waals surface area (Å²) in [5.74, 6) is 1.87. The van der Waals surface area contributed by atoms with Crippen molar-refractivity contribution in [2.45, 2.75) is 91.3 Å². The highest BCUT2D eigenvalue weighted by Crippen LogP contribution is 2.29. The van der Waals surface area contributed by atoms with Gasteiger partial charge in [-0.25, -0.2) is 13.4 Å². The molecule has 0 aromatic carbocycles. The van der Waals surface area contributed by atoms with E-state index in [1.54, 1.807) is 4.90 Å². The van der Waals surface area contributed by atoms with Crippen molar-refractivity contribution in [1.29, 1.82) is 0 Å². The Morgan fingerprint density at radius 1 is 1.18 bits per heavy atom. The average Bonchev–Trinajstić information content (AvgIpc) is 3.11. The lowest BCUT2D eigenvalue weighted by atomic mass is 10.1. The number of anilines is 1. The monoisotopic (exact) mass is 494 g/mol. The molecule has 0 unspecified atom stereocenters. The Balaban J connectivity index is 1.62. The minimum Gasteiger partial charge on any atom is -0.472 e. The molecule has 1 amide bonds. The number of nitrogen functional groups attached to an aromatic ring is 1. The predicted octanol–water partition coefficient (Wildman–Crippen LogP) is 2.74. The molecular weight excluding hydrogens is 456 g/mol. The van der Waals surface area contributed by atoms with E-state index in [9.17, 15) is 13.2 Å². The lowest BCUT2D eigenvalue weighted by Gasteiger charge is -2.36. The van der Waals surface area contributed by atoms with Crippen molar-refractivity contribution in [2.24, 2.45) is 0 Å². The summed E-state index contributed by atoms with van der Waals surface area (Å²) in [6.45, 7) is 8.94. The van der Waals surface area contributed by atoms with E-state index in [1.165, 1.54) is 6.92 Å². The number of rotatable bonds is 13. The Kier molecular flexibility index (Phi) is 8.72. The van der Waals surface area contributed by atoms with Gasteiger partial charge in [-0.1, -0.05) is 26.2 Å². The molecule has 3 rings (SSSR count). The van der Waals surface area contributed by atoms with Crippen LogP contribution in [0.25, 0.3) is 11.0 Å². The zero-order chi connectivity index (χ0) is 24.9. The maximum atomic E-state index is 11.9. The van der Waals surface area contributed by atoms with Crippen LogP contribution in [0, 0.1) is 0 Å². The molecular formula is C23H38N6O4S. The molecule has 190 valence electrons. The molecule has 0 aliphatic carbocycles. The van der Waals surface area contributed by atoms with E-state index in [1.807, 2.05) is 13.8 Å². The number of imidazole rings is 1. The molecule has 0 saturated carbocycles. The molecule has 0 spiro atoms. The predicted molar refractivity (Wildman–Crippen MR) is 132 cm³/mol. The number of aryl methyl sites for hydroxylation is 2. The minimum absolute atomic E-state index is 0.0431. The summed E-state index contributed by atoms with van der Waals surface area (Å²) >= 11 is 0. The van der Waals surface area contributed by atoms with Crippen LogP contribution < -0.4 is 10.5 Å². The number of carbonyl (C=O) groups excluding carboxylic acids is 1. The van der Waals surface area contributed by atoms with E-state index >= 15 is 0 Å². The molecule has 11 heteroatoms. The fourth-order valence-electron chi connectivity index (χ4n) is 4.38. The first-order valence-electron chi connectivity index (χ1n) is 12.3. The van der Waals surface area contributed by atoms with Crippen LogP contribution in [-0.2, 0) is 27.6 Å². The zero-order valence-electron chi connectivity index (χ0n) is 20.8. The number of nitrogens with zero attached hydrogens (tertiary/aromatic N) is 5. The Morgan fingerprint density at radius 2 is 1.88 bits per heavy atom. The summed E-state index contributed by atoms with van der Waals surface area (Å²) < 4.78 is 31.0. The molecule has 34 heavy (non-hydrogen) atoms. The minimum atomic E-state index is -2.95. The molecule has 1 saturated heterocycles. The number of carbonyl (C=O) groups is 1. The van der Waals surface area contributed by atoms with Crippen molar-refractivity contribution in [3.63, 3.8) is 0 Å². The van der Waals surface area contributed by atoms with Crippen molar-refractivity contribution in [2.75, 3.05) is 23.8 Å². The third kappa shape index (κ3) is 6.37. The fourth-order valence-corrected chi connectivity index (χ4v) is 5.81. The highest BCUT2D eigenvalue weighted by molar-refractivity contribution is 7.92. The fraction of sp³-hybridized carbons (Fsp3) is 0.739. The van der Waals surface area contributed by atoms with Crippen LogP contribution in [0.5, 0.6) is 5.88 Å². The number of aromatic nitrogens is 4. The first-order chi connectivity index (χ1) is 16.1. The van der Waals surface area contributed by atoms with Crippen LogP contribution in [0.15, 0.2) is 0 Å². The van der Waals surface area contributed by atoms with E-state index in [4.69, 9.17) is 15.5 Å². The molecule has 0 bridgehead atoms. The Labute approximate surface area is 202 Å². The standard InChI is InChI=1S/C23H38N6O4S/c1-5-6-11-19-25-20-21(23(33-16(2)3)27-26-22(20)24)29(19)13-10-8-7-9-12-28(17(4)30)18-14-34(31,32)15-18/h16,18H,5-15H2,1-4H3,(H2,24,26). The van der Waals surface area contributed by atoms with Gasteiger partial charge in [-0.15, -0.1) is 10.2 Å². The van der Waals surface area contributed by atoms with Crippen molar-refractivity contribution in [3.05, 3.63) is 5.82 Å². The Morgan fingerprint density at radius 3 is 2.50 bits per heavy atom. The number of unbranched alkanes of at least 4 members (excludes halogenated alkanes) is 4. The number of sulfone groups is 1. The van der Waals surface area contributed by atoms with E-state index in [0.29, 0.717) is 23.8 Å². The number of nitrogens with two attached hydrogens (primary N) is 1. The van der Waals surface area contributed by atoms with Crippen LogP contribution in [0.4, 0.5) is 5.82 Å². The van der Waals surface area contributed by atoms with Crippen LogP contribution in [-0.4, -0.2) is 69.2 Å². The first kappa shape index (κ1) is 26.2. The van der Waals surface area contributed by atoms with Crippen molar-refractivity contribution in [3.8, 4) is 5.88 Å². The van der Waals surface area contributed by atoms with Crippen molar-refractivity contribution in [1.82, 2.24) is 24.6 Å². The second kappa shape index (κ2) is 11.3. The summed E-state index contributed by atoms with van der Waals surface area (Å²) in [7, 11) is -2.95. The summed E-state index contributed by atoms with van der Waals surface area (Å²) in [6.07, 6.45) is 6.63. The number of ether oxygens (including phenoxy) is 1. The van der Waals surface area contributed by atoms with E-state index < -0.39 is 9.84 Å². The molecule has 3 heterocycles. The lowest BCUT2D eigenvalue weighted by molar-refractivity contribution is -0.130. The van der Waals surface area contributed by atoms with Crippen LogP contribution in [0.1, 0.15) is 72.0 Å². The van der Waals surface area contributed by atoms with E-state index in [-0.39, 0.29) is 29.6 Å². The van der Waals surface area contributed by atoms with Gasteiger partial charge in [0.2, 0.25) is 5.91 Å². The third-order valence-corrected chi connectivity index (χ3v) is 7.90. The number of hydrogen-bond donors (Lipinski definition) is 1. The normalized spacial score (nSPS) is 15.6. The molecule has 1 aliphatic rings. The van der Waals surface area contributed by atoms with E-state index in [2.05, 4.69) is 21.7 Å². The maximum Gasteiger partial charge on any atom is 0.260 e. The largest absolute Gasteiger partial charge is 0.472 e. The SMILES string of the molecule is CCCCc1nc2c(N)nnc(OC(C)C)c2n1CCCCCCN(C(C)=O)C1CS(=O)(=O)C1. The van der Waals surface area contributed by atoms with Gasteiger partial charge < -0.3 is 19.9 Å². The van der Waals surface area contributed by atoms with Crippen molar-refractivity contribution < 1.29 is 17.9 Å². The summed E-state index contributed by atoms with van der Waals surface area (Å²) in [5, 5.41) is 8.23. The highest BCUT2D eigenvalue weighted by Gasteiger charge is 2.38. The van der Waals surface area contributed by atoms with Crippen LogP contribution in [0.3, 0.4) is 0 Å². The maximum absolute atomic E-state index is 11.9. The van der Waals surface area contributed by atoms with Gasteiger partial charge in [-0.2, -0.15) is 0 Å². The second-order valence-corrected chi connectivity index (χ2v) is 11.5. The van der Waals surface area contributed by atoms with Gasteiger partial charge in [0.15, 0.2) is 15.7 Å². The number of amides is 1. The van der Waals surface area contributed by atoms with Crippen LogP contribution in [0.2, 0.25) is 0 Å². The van der Waals surface area contributed by atoms with Gasteiger partial charge in [0, 0.05) is 26.4 Å². The van der Waals surface area contributed by atoms with Gasteiger partial charge in [0.05, 0.1) is 23.7 Å². The summed E-state index contributed by atoms with van der Waals surface area (Å²) in [5.41, 5.74) is 7.55. The van der Waals surface area contributed by atoms with Gasteiger partial charge >= 0.3 is 0 Å². The molecule has 0 atom stereocenters. The topological polar surface area (TPSA) is 133 Å². The molecule has 10 nitrogen and oxygen atoms in total. The summed E-state index contributed by atoms with van der Waals surface area (Å²) in [4.78, 5) is 18.4. The average molecular weight is 495 g/mol. The zero-order valence-corrected chi connectivity index (χ0v) is 21.6. The number of fused-ring (bicyclic) bond motifs is 1. The van der Waals surface area contributed by atoms with Gasteiger partial charge in [-0.05, 0) is 33.1 Å². The molecule has 0 radical (unpaired) electrons. The quantitative estimate of drug-likeness (QED) is 0.420. The third-order valence-electron chi connectivity index (χ3n) is 6.11. The van der Waals surface area contributed by atoms with Gasteiger partial charge in [0.25, 0.3) is 5.88 Å². The van der Waals surface area contributed by atoms with Crippen LogP contribution >= 0.6 is 0 Å². The Bertz CT molecular complexity index is 1090. The molecule has 1 fully saturated rings. The van der Waals surface area contributed by atoms with Gasteiger partial charge in [-0.3, -0.25) is 4.79 Å². The first-order valence-corrected chi connectivity index (χ1v) is 14.1. The molecule has 1 aliphatic heterocycles. The lowest BCUT2D eigenvalue weighted by Crippen LogP contribution is -2.55. The van der Waals surface area contributed by atoms with Crippen molar-refractivity contribution >= 4 is 32.6 Å². The van der Waals surface area contributed by atoms with E-state index in [0.717, 1.165) is 62.8 Å².